The summed E-state index contributed by atoms with van der Waals surface area (Å²) in [7, 11) is 0. The summed E-state index contributed by atoms with van der Waals surface area (Å²) < 4.78 is 0. The van der Waals surface area contributed by atoms with Gasteiger partial charge in [-0.2, -0.15) is 10.2 Å². The van der Waals surface area contributed by atoms with Gasteiger partial charge in [0.25, 0.3) is 0 Å². The molecule has 0 fully saturated rings. The molecule has 130 valence electrons. The van der Waals surface area contributed by atoms with Crippen molar-refractivity contribution in [2.45, 2.75) is 13.3 Å². The van der Waals surface area contributed by atoms with E-state index < -0.39 is 0 Å². The first-order valence-corrected chi connectivity index (χ1v) is 7.99. The van der Waals surface area contributed by atoms with E-state index in [1.54, 1.807) is 0 Å². The lowest BCUT2D eigenvalue weighted by Crippen LogP contribution is -2.27. The van der Waals surface area contributed by atoms with Crippen LogP contribution >= 0.6 is 0 Å². The van der Waals surface area contributed by atoms with Gasteiger partial charge in [-0.15, -0.1) is 0 Å². The fourth-order valence-electron chi connectivity index (χ4n) is 2.60. The van der Waals surface area contributed by atoms with E-state index in [1.165, 1.54) is 12.3 Å². The summed E-state index contributed by atoms with van der Waals surface area (Å²) in [4.78, 5) is 0. The van der Waals surface area contributed by atoms with E-state index in [9.17, 15) is 15.3 Å². The Hall–Kier alpha value is -3.22. The fraction of sp³-hybridized carbons (Fsp3) is 0.222. The molecular formula is C18H20N4O3. The number of phenolic OH excluding ortho intramolecular Hbond substituents is 3. The van der Waals surface area contributed by atoms with E-state index in [-0.39, 0.29) is 22.8 Å². The third-order valence-corrected chi connectivity index (χ3v) is 4.06. The molecule has 7 nitrogen and oxygen atoms in total. The first-order valence-electron chi connectivity index (χ1n) is 7.99. The van der Waals surface area contributed by atoms with Gasteiger partial charge in [0.05, 0.1) is 17.6 Å². The Morgan fingerprint density at radius 3 is 2.56 bits per heavy atom. The van der Waals surface area contributed by atoms with E-state index in [4.69, 9.17) is 0 Å². The standard InChI is InChI=1S/C18H20N4O3/c1-11-6-7-19-22-18(11)12-2-4-14(5-3-12)21-20-10-13-8-16(24)17(25)9-15(13)23/h2-5,8-11,19,21,23-25H,6-7H2,1H3. The third kappa shape index (κ3) is 3.82. The van der Waals surface area contributed by atoms with Crippen molar-refractivity contribution in [2.75, 3.05) is 12.0 Å². The molecule has 0 bridgehead atoms. The molecule has 0 aromatic heterocycles. The zero-order valence-corrected chi connectivity index (χ0v) is 13.8. The summed E-state index contributed by atoms with van der Waals surface area (Å²) in [6.45, 7) is 3.06. The van der Waals surface area contributed by atoms with Crippen LogP contribution in [-0.2, 0) is 0 Å². The average molecular weight is 340 g/mol. The van der Waals surface area contributed by atoms with E-state index in [1.807, 2.05) is 24.3 Å². The molecule has 0 amide bonds. The number of rotatable bonds is 4. The highest BCUT2D eigenvalue weighted by molar-refractivity contribution is 6.02. The quantitative estimate of drug-likeness (QED) is 0.254. The number of nitrogens with zero attached hydrogens (tertiary/aromatic N) is 2. The molecule has 7 heteroatoms. The minimum Gasteiger partial charge on any atom is -0.507 e. The van der Waals surface area contributed by atoms with Gasteiger partial charge < -0.3 is 20.7 Å². The van der Waals surface area contributed by atoms with Gasteiger partial charge in [-0.1, -0.05) is 19.1 Å². The van der Waals surface area contributed by atoms with Crippen molar-refractivity contribution in [1.29, 1.82) is 0 Å². The summed E-state index contributed by atoms with van der Waals surface area (Å²) in [5.41, 5.74) is 9.06. The Morgan fingerprint density at radius 1 is 1.12 bits per heavy atom. The zero-order chi connectivity index (χ0) is 17.8. The zero-order valence-electron chi connectivity index (χ0n) is 13.8. The van der Waals surface area contributed by atoms with Gasteiger partial charge in [-0.3, -0.25) is 5.43 Å². The number of benzene rings is 2. The van der Waals surface area contributed by atoms with Crippen LogP contribution in [0.3, 0.4) is 0 Å². The van der Waals surface area contributed by atoms with E-state index >= 15 is 0 Å². The minimum atomic E-state index is -0.382. The summed E-state index contributed by atoms with van der Waals surface area (Å²) in [5, 5.41) is 36.9. The Morgan fingerprint density at radius 2 is 1.84 bits per heavy atom. The molecule has 0 saturated carbocycles. The summed E-state index contributed by atoms with van der Waals surface area (Å²) in [5.74, 6) is -0.455. The number of nitrogens with one attached hydrogen (secondary N) is 2. The summed E-state index contributed by atoms with van der Waals surface area (Å²) in [6, 6.07) is 10.0. The predicted molar refractivity (Wildman–Crippen MR) is 97.4 cm³/mol. The first kappa shape index (κ1) is 16.6. The topological polar surface area (TPSA) is 109 Å². The maximum atomic E-state index is 9.71. The molecule has 2 aromatic rings. The average Bonchev–Trinajstić information content (AvgIpc) is 2.60. The van der Waals surface area contributed by atoms with Gasteiger partial charge >= 0.3 is 0 Å². The lowest BCUT2D eigenvalue weighted by molar-refractivity contribution is 0.396. The highest BCUT2D eigenvalue weighted by Crippen LogP contribution is 2.31. The summed E-state index contributed by atoms with van der Waals surface area (Å²) in [6.07, 6.45) is 2.42. The second-order valence-electron chi connectivity index (χ2n) is 5.94. The number of hydrazone groups is 2. The van der Waals surface area contributed by atoms with Crippen LogP contribution in [0.5, 0.6) is 17.2 Å². The highest BCUT2D eigenvalue weighted by Gasteiger charge is 2.16. The lowest BCUT2D eigenvalue weighted by Gasteiger charge is -2.20. The molecule has 1 aliphatic rings. The number of hydrogen-bond acceptors (Lipinski definition) is 7. The van der Waals surface area contributed by atoms with Crippen LogP contribution in [0.4, 0.5) is 5.69 Å². The lowest BCUT2D eigenvalue weighted by atomic mass is 9.94. The van der Waals surface area contributed by atoms with Crippen LogP contribution in [0.15, 0.2) is 46.6 Å². The van der Waals surface area contributed by atoms with Crippen LogP contribution in [0.25, 0.3) is 0 Å². The van der Waals surface area contributed by atoms with Gasteiger partial charge in [-0.25, -0.2) is 0 Å². The number of hydrogen-bond donors (Lipinski definition) is 5. The van der Waals surface area contributed by atoms with Crippen molar-refractivity contribution < 1.29 is 15.3 Å². The molecule has 0 aliphatic carbocycles. The molecule has 25 heavy (non-hydrogen) atoms. The number of aromatic hydroxyl groups is 3. The van der Waals surface area contributed by atoms with Crippen molar-refractivity contribution in [3.8, 4) is 17.2 Å². The summed E-state index contributed by atoms with van der Waals surface area (Å²) >= 11 is 0. The molecule has 0 spiro atoms. The van der Waals surface area contributed by atoms with E-state index in [2.05, 4.69) is 28.0 Å². The molecule has 0 radical (unpaired) electrons. The van der Waals surface area contributed by atoms with Crippen LogP contribution < -0.4 is 10.9 Å². The Labute approximate surface area is 145 Å². The van der Waals surface area contributed by atoms with Crippen molar-refractivity contribution in [1.82, 2.24) is 5.43 Å². The van der Waals surface area contributed by atoms with Gasteiger partial charge in [0.15, 0.2) is 11.5 Å². The maximum absolute atomic E-state index is 9.71. The second-order valence-corrected chi connectivity index (χ2v) is 5.94. The smallest absolute Gasteiger partial charge is 0.161 e. The molecule has 5 N–H and O–H groups in total. The third-order valence-electron chi connectivity index (χ3n) is 4.06. The molecule has 1 unspecified atom stereocenters. The van der Waals surface area contributed by atoms with E-state index in [0.717, 1.165) is 36.0 Å². The first-order chi connectivity index (χ1) is 12.0. The van der Waals surface area contributed by atoms with Gasteiger partial charge in [0.1, 0.15) is 5.75 Å². The largest absolute Gasteiger partial charge is 0.507 e. The minimum absolute atomic E-state index is 0.173. The van der Waals surface area contributed by atoms with Gasteiger partial charge in [0.2, 0.25) is 0 Å². The van der Waals surface area contributed by atoms with Crippen molar-refractivity contribution in [2.24, 2.45) is 16.1 Å². The molecule has 3 rings (SSSR count). The Bertz CT molecular complexity index is 816. The van der Waals surface area contributed by atoms with E-state index in [0.29, 0.717) is 5.92 Å². The fourth-order valence-corrected chi connectivity index (χ4v) is 2.60. The normalized spacial score (nSPS) is 17.2. The SMILES string of the molecule is CC1CCNN=C1c1ccc(NN=Cc2cc(O)c(O)cc2O)cc1. The molecule has 1 aliphatic heterocycles. The van der Waals surface area contributed by atoms with Crippen LogP contribution in [0, 0.1) is 5.92 Å². The molecule has 0 saturated heterocycles. The Balaban J connectivity index is 1.68. The maximum Gasteiger partial charge on any atom is 0.161 e. The van der Waals surface area contributed by atoms with Gasteiger partial charge in [-0.05, 0) is 30.2 Å². The van der Waals surface area contributed by atoms with Crippen LogP contribution in [-0.4, -0.2) is 33.8 Å². The van der Waals surface area contributed by atoms with Crippen molar-refractivity contribution in [3.05, 3.63) is 47.5 Å². The van der Waals surface area contributed by atoms with Crippen molar-refractivity contribution in [3.63, 3.8) is 0 Å². The molecule has 1 heterocycles. The molecular weight excluding hydrogens is 320 g/mol. The van der Waals surface area contributed by atoms with Crippen LogP contribution in [0.2, 0.25) is 0 Å². The van der Waals surface area contributed by atoms with Crippen molar-refractivity contribution >= 4 is 17.6 Å². The number of phenols is 3. The molecule has 2 aromatic carbocycles. The van der Waals surface area contributed by atoms with Crippen LogP contribution in [0.1, 0.15) is 24.5 Å². The second kappa shape index (κ2) is 7.12. The monoisotopic (exact) mass is 340 g/mol. The number of anilines is 1. The Kier molecular flexibility index (Phi) is 4.74. The highest BCUT2D eigenvalue weighted by atomic mass is 16.3. The van der Waals surface area contributed by atoms with Gasteiger partial charge in [0, 0.05) is 24.1 Å². The molecule has 1 atom stereocenters. The predicted octanol–water partition coefficient (Wildman–Crippen LogP) is 2.58.